The van der Waals surface area contributed by atoms with Crippen molar-refractivity contribution in [1.29, 1.82) is 0 Å². The highest BCUT2D eigenvalue weighted by atomic mass is 35.5. The molecule has 0 bridgehead atoms. The molecule has 0 aromatic heterocycles. The van der Waals surface area contributed by atoms with Crippen LogP contribution in [0.2, 0.25) is 10.0 Å². The third-order valence-electron chi connectivity index (χ3n) is 2.66. The van der Waals surface area contributed by atoms with Crippen LogP contribution in [-0.2, 0) is 13.1 Å². The molecule has 94 valence electrons. The van der Waals surface area contributed by atoms with Gasteiger partial charge >= 0.3 is 0 Å². The summed E-state index contributed by atoms with van der Waals surface area (Å²) in [6, 6.07) is 14.1. The molecule has 0 aliphatic heterocycles. The fraction of sp³-hybridized carbons (Fsp3) is 0.200. The maximum absolute atomic E-state index is 5.95. The van der Waals surface area contributed by atoms with E-state index in [1.807, 2.05) is 12.1 Å². The van der Waals surface area contributed by atoms with E-state index in [2.05, 4.69) is 36.5 Å². The molecular weight excluding hydrogens is 265 g/mol. The lowest BCUT2D eigenvalue weighted by atomic mass is 10.1. The van der Waals surface area contributed by atoms with Gasteiger partial charge in [0, 0.05) is 23.1 Å². The van der Waals surface area contributed by atoms with E-state index in [4.69, 9.17) is 23.2 Å². The average Bonchev–Trinajstić information content (AvgIpc) is 2.27. The Morgan fingerprint density at radius 3 is 2.22 bits per heavy atom. The number of halogens is 2. The molecule has 18 heavy (non-hydrogen) atoms. The SMILES string of the molecule is Cc1cccc(CNCc2cc(Cl)cc(Cl)c2)c1. The van der Waals surface area contributed by atoms with Crippen LogP contribution in [-0.4, -0.2) is 0 Å². The van der Waals surface area contributed by atoms with Crippen LogP contribution in [0.15, 0.2) is 42.5 Å². The molecule has 2 aromatic carbocycles. The van der Waals surface area contributed by atoms with Crippen molar-refractivity contribution in [2.45, 2.75) is 20.0 Å². The zero-order chi connectivity index (χ0) is 13.0. The third-order valence-corrected chi connectivity index (χ3v) is 3.10. The fourth-order valence-electron chi connectivity index (χ4n) is 1.89. The molecule has 0 heterocycles. The molecule has 3 heteroatoms. The standard InChI is InChI=1S/C15H15Cl2N/c1-11-3-2-4-12(5-11)9-18-10-13-6-14(16)8-15(17)7-13/h2-8,18H,9-10H2,1H3. The summed E-state index contributed by atoms with van der Waals surface area (Å²) in [7, 11) is 0. The molecular formula is C15H15Cl2N. The Kier molecular flexibility index (Phi) is 4.65. The summed E-state index contributed by atoms with van der Waals surface area (Å²) in [6.45, 7) is 3.69. The lowest BCUT2D eigenvalue weighted by Gasteiger charge is -2.07. The van der Waals surface area contributed by atoms with Gasteiger partial charge in [-0.05, 0) is 36.2 Å². The van der Waals surface area contributed by atoms with Crippen LogP contribution in [0.25, 0.3) is 0 Å². The van der Waals surface area contributed by atoms with Crippen LogP contribution >= 0.6 is 23.2 Å². The summed E-state index contributed by atoms with van der Waals surface area (Å²) in [6.07, 6.45) is 0. The number of aryl methyl sites for hydroxylation is 1. The van der Waals surface area contributed by atoms with Gasteiger partial charge in [-0.25, -0.2) is 0 Å². The number of nitrogens with one attached hydrogen (secondary N) is 1. The minimum Gasteiger partial charge on any atom is -0.309 e. The van der Waals surface area contributed by atoms with Gasteiger partial charge < -0.3 is 5.32 Å². The highest BCUT2D eigenvalue weighted by molar-refractivity contribution is 6.34. The largest absolute Gasteiger partial charge is 0.309 e. The first-order valence-corrected chi connectivity index (χ1v) is 6.60. The van der Waals surface area contributed by atoms with Crippen LogP contribution in [0.4, 0.5) is 0 Å². The summed E-state index contributed by atoms with van der Waals surface area (Å²) in [5.74, 6) is 0. The summed E-state index contributed by atoms with van der Waals surface area (Å²) in [5, 5.41) is 4.73. The van der Waals surface area contributed by atoms with Gasteiger partial charge in [-0.1, -0.05) is 53.0 Å². The Labute approximate surface area is 118 Å². The molecule has 0 aliphatic carbocycles. The minimum absolute atomic E-state index is 0.676. The van der Waals surface area contributed by atoms with E-state index in [0.717, 1.165) is 18.7 Å². The first-order chi connectivity index (χ1) is 8.63. The van der Waals surface area contributed by atoms with Crippen LogP contribution < -0.4 is 5.32 Å². The van der Waals surface area contributed by atoms with E-state index in [9.17, 15) is 0 Å². The number of hydrogen-bond donors (Lipinski definition) is 1. The van der Waals surface area contributed by atoms with Crippen molar-refractivity contribution in [2.75, 3.05) is 0 Å². The van der Waals surface area contributed by atoms with E-state index in [1.54, 1.807) is 6.07 Å². The molecule has 1 nitrogen and oxygen atoms in total. The number of hydrogen-bond acceptors (Lipinski definition) is 1. The van der Waals surface area contributed by atoms with Gasteiger partial charge in [0.2, 0.25) is 0 Å². The van der Waals surface area contributed by atoms with Gasteiger partial charge in [0.15, 0.2) is 0 Å². The lowest BCUT2D eigenvalue weighted by molar-refractivity contribution is 0.693. The van der Waals surface area contributed by atoms with E-state index in [1.165, 1.54) is 11.1 Å². The van der Waals surface area contributed by atoms with Gasteiger partial charge in [0.1, 0.15) is 0 Å². The molecule has 2 rings (SSSR count). The highest BCUT2D eigenvalue weighted by Gasteiger charge is 1.98. The Morgan fingerprint density at radius 1 is 0.889 bits per heavy atom. The number of rotatable bonds is 4. The van der Waals surface area contributed by atoms with Crippen molar-refractivity contribution in [3.63, 3.8) is 0 Å². The molecule has 0 atom stereocenters. The van der Waals surface area contributed by atoms with Crippen molar-refractivity contribution in [2.24, 2.45) is 0 Å². The van der Waals surface area contributed by atoms with Crippen molar-refractivity contribution < 1.29 is 0 Å². The van der Waals surface area contributed by atoms with E-state index < -0.39 is 0 Å². The molecule has 0 radical (unpaired) electrons. The summed E-state index contributed by atoms with van der Waals surface area (Å²) < 4.78 is 0. The predicted octanol–water partition coefficient (Wildman–Crippen LogP) is 4.59. The molecule has 0 amide bonds. The maximum Gasteiger partial charge on any atom is 0.0424 e. The molecule has 0 spiro atoms. The second-order valence-corrected chi connectivity index (χ2v) is 5.24. The smallest absolute Gasteiger partial charge is 0.0424 e. The molecule has 0 saturated heterocycles. The topological polar surface area (TPSA) is 12.0 Å². The van der Waals surface area contributed by atoms with Gasteiger partial charge in [0.05, 0.1) is 0 Å². The Bertz CT molecular complexity index is 518. The van der Waals surface area contributed by atoms with Crippen LogP contribution in [0.5, 0.6) is 0 Å². The van der Waals surface area contributed by atoms with E-state index >= 15 is 0 Å². The second kappa shape index (κ2) is 6.24. The summed E-state index contributed by atoms with van der Waals surface area (Å²) in [5.41, 5.74) is 3.66. The fourth-order valence-corrected chi connectivity index (χ4v) is 2.46. The van der Waals surface area contributed by atoms with Gasteiger partial charge in [0.25, 0.3) is 0 Å². The van der Waals surface area contributed by atoms with Crippen molar-refractivity contribution >= 4 is 23.2 Å². The average molecular weight is 280 g/mol. The van der Waals surface area contributed by atoms with Crippen LogP contribution in [0.3, 0.4) is 0 Å². The van der Waals surface area contributed by atoms with Crippen molar-refractivity contribution in [3.8, 4) is 0 Å². The first-order valence-electron chi connectivity index (χ1n) is 5.85. The Hall–Kier alpha value is -1.02. The first kappa shape index (κ1) is 13.4. The quantitative estimate of drug-likeness (QED) is 0.863. The van der Waals surface area contributed by atoms with Gasteiger partial charge in [-0.15, -0.1) is 0 Å². The molecule has 0 aliphatic rings. The van der Waals surface area contributed by atoms with E-state index in [0.29, 0.717) is 10.0 Å². The maximum atomic E-state index is 5.95. The summed E-state index contributed by atoms with van der Waals surface area (Å²) >= 11 is 11.9. The Balaban J connectivity index is 1.92. The van der Waals surface area contributed by atoms with Gasteiger partial charge in [-0.3, -0.25) is 0 Å². The molecule has 0 saturated carbocycles. The van der Waals surface area contributed by atoms with Crippen LogP contribution in [0.1, 0.15) is 16.7 Å². The number of benzene rings is 2. The van der Waals surface area contributed by atoms with Crippen molar-refractivity contribution in [1.82, 2.24) is 5.32 Å². The second-order valence-electron chi connectivity index (χ2n) is 4.37. The predicted molar refractivity (Wildman–Crippen MR) is 78.2 cm³/mol. The Morgan fingerprint density at radius 2 is 1.56 bits per heavy atom. The highest BCUT2D eigenvalue weighted by Crippen LogP contribution is 2.18. The molecule has 1 N–H and O–H groups in total. The zero-order valence-corrected chi connectivity index (χ0v) is 11.7. The third kappa shape index (κ3) is 4.02. The lowest BCUT2D eigenvalue weighted by Crippen LogP contribution is -2.12. The van der Waals surface area contributed by atoms with Crippen LogP contribution in [0, 0.1) is 6.92 Å². The summed E-state index contributed by atoms with van der Waals surface area (Å²) in [4.78, 5) is 0. The molecule has 0 fully saturated rings. The zero-order valence-electron chi connectivity index (χ0n) is 10.2. The minimum atomic E-state index is 0.676. The van der Waals surface area contributed by atoms with E-state index in [-0.39, 0.29) is 0 Å². The van der Waals surface area contributed by atoms with Gasteiger partial charge in [-0.2, -0.15) is 0 Å². The molecule has 2 aromatic rings. The van der Waals surface area contributed by atoms with Crippen molar-refractivity contribution in [3.05, 3.63) is 69.2 Å². The normalized spacial score (nSPS) is 10.6. The monoisotopic (exact) mass is 279 g/mol. The molecule has 0 unspecified atom stereocenters.